The van der Waals surface area contributed by atoms with Crippen LogP contribution in [0, 0.1) is 0 Å². The summed E-state index contributed by atoms with van der Waals surface area (Å²) in [4.78, 5) is 2.31. The first-order valence-electron chi connectivity index (χ1n) is 7.33. The van der Waals surface area contributed by atoms with Crippen molar-refractivity contribution >= 4 is 21.6 Å². The second kappa shape index (κ2) is 10.2. The van der Waals surface area contributed by atoms with Crippen LogP contribution in [-0.2, 0) is 16.0 Å². The first-order chi connectivity index (χ1) is 10.1. The fourth-order valence-corrected chi connectivity index (χ4v) is 2.40. The van der Waals surface area contributed by atoms with E-state index in [0.29, 0.717) is 19.3 Å². The molecule has 0 unspecified atom stereocenters. The smallest absolute Gasteiger partial charge is 0.0637 e. The summed E-state index contributed by atoms with van der Waals surface area (Å²) in [5.41, 5.74) is 2.52. The zero-order chi connectivity index (χ0) is 15.7. The van der Waals surface area contributed by atoms with Crippen LogP contribution in [0.15, 0.2) is 22.7 Å². The van der Waals surface area contributed by atoms with Crippen molar-refractivity contribution in [3.05, 3.63) is 28.2 Å². The first-order valence-corrected chi connectivity index (χ1v) is 8.12. The quantitative estimate of drug-likeness (QED) is 0.696. The molecule has 0 aliphatic carbocycles. The van der Waals surface area contributed by atoms with Gasteiger partial charge in [0.05, 0.1) is 13.2 Å². The molecule has 0 saturated carbocycles. The van der Waals surface area contributed by atoms with Gasteiger partial charge in [-0.05, 0) is 17.7 Å². The number of ether oxygens (including phenoxy) is 2. The Kier molecular flexibility index (Phi) is 8.92. The monoisotopic (exact) mass is 358 g/mol. The third kappa shape index (κ3) is 6.78. The topological polar surface area (TPSA) is 33.7 Å². The molecule has 0 aliphatic rings. The van der Waals surface area contributed by atoms with Gasteiger partial charge in [0.2, 0.25) is 0 Å². The molecule has 1 aromatic carbocycles. The molecule has 0 amide bonds. The molecule has 0 radical (unpaired) electrons. The molecule has 4 nitrogen and oxygen atoms in total. The lowest BCUT2D eigenvalue weighted by molar-refractivity contribution is 0.190. The Morgan fingerprint density at radius 2 is 1.76 bits per heavy atom. The SMILES string of the molecule is COCCN(CCOC)c1cc(Br)ccc1CNC(C)C. The van der Waals surface area contributed by atoms with Gasteiger partial charge in [0.25, 0.3) is 0 Å². The number of nitrogens with zero attached hydrogens (tertiary/aromatic N) is 1. The van der Waals surface area contributed by atoms with E-state index >= 15 is 0 Å². The molecule has 0 heterocycles. The van der Waals surface area contributed by atoms with Gasteiger partial charge in [0.15, 0.2) is 0 Å². The summed E-state index contributed by atoms with van der Waals surface area (Å²) in [5, 5.41) is 3.48. The van der Waals surface area contributed by atoms with E-state index in [4.69, 9.17) is 9.47 Å². The maximum atomic E-state index is 5.23. The molecule has 0 bridgehead atoms. The van der Waals surface area contributed by atoms with E-state index < -0.39 is 0 Å². The number of rotatable bonds is 10. The standard InChI is InChI=1S/C16H27BrN2O2/c1-13(2)18-12-14-5-6-15(17)11-16(14)19(7-9-20-3)8-10-21-4/h5-6,11,13,18H,7-10,12H2,1-4H3. The Labute approximate surface area is 136 Å². The van der Waals surface area contributed by atoms with Gasteiger partial charge in [-0.2, -0.15) is 0 Å². The zero-order valence-corrected chi connectivity index (χ0v) is 15.1. The van der Waals surface area contributed by atoms with Crippen molar-refractivity contribution in [3.8, 4) is 0 Å². The highest BCUT2D eigenvalue weighted by atomic mass is 79.9. The average Bonchev–Trinajstić information content (AvgIpc) is 2.46. The lowest BCUT2D eigenvalue weighted by atomic mass is 10.1. The lowest BCUT2D eigenvalue weighted by Crippen LogP contribution is -2.32. The maximum Gasteiger partial charge on any atom is 0.0637 e. The number of methoxy groups -OCH3 is 2. The summed E-state index contributed by atoms with van der Waals surface area (Å²) in [6, 6.07) is 6.89. The van der Waals surface area contributed by atoms with E-state index in [1.54, 1.807) is 14.2 Å². The van der Waals surface area contributed by atoms with Gasteiger partial charge in [-0.15, -0.1) is 0 Å². The molecular weight excluding hydrogens is 332 g/mol. The van der Waals surface area contributed by atoms with Crippen LogP contribution < -0.4 is 10.2 Å². The Balaban J connectivity index is 2.93. The molecule has 120 valence electrons. The van der Waals surface area contributed by atoms with Crippen LogP contribution >= 0.6 is 15.9 Å². The minimum atomic E-state index is 0.466. The Bertz CT molecular complexity index is 405. The third-order valence-corrected chi connectivity index (χ3v) is 3.71. The van der Waals surface area contributed by atoms with Crippen molar-refractivity contribution in [1.29, 1.82) is 0 Å². The fraction of sp³-hybridized carbons (Fsp3) is 0.625. The van der Waals surface area contributed by atoms with Crippen LogP contribution in [-0.4, -0.2) is 46.6 Å². The molecule has 0 aromatic heterocycles. The van der Waals surface area contributed by atoms with Crippen LogP contribution in [0.4, 0.5) is 5.69 Å². The predicted molar refractivity (Wildman–Crippen MR) is 92.1 cm³/mol. The summed E-state index contributed by atoms with van der Waals surface area (Å²) >= 11 is 3.57. The van der Waals surface area contributed by atoms with E-state index in [9.17, 15) is 0 Å². The number of nitrogens with one attached hydrogen (secondary N) is 1. The highest BCUT2D eigenvalue weighted by Gasteiger charge is 2.12. The predicted octanol–water partition coefficient (Wildman–Crippen LogP) is 3.05. The van der Waals surface area contributed by atoms with Gasteiger partial charge in [0, 0.05) is 50.1 Å². The molecular formula is C16H27BrN2O2. The Hall–Kier alpha value is -0.620. The van der Waals surface area contributed by atoms with Crippen molar-refractivity contribution in [1.82, 2.24) is 5.32 Å². The molecule has 0 atom stereocenters. The molecule has 0 spiro atoms. The van der Waals surface area contributed by atoms with Crippen molar-refractivity contribution in [2.75, 3.05) is 45.4 Å². The van der Waals surface area contributed by atoms with Gasteiger partial charge < -0.3 is 19.7 Å². The summed E-state index contributed by atoms with van der Waals surface area (Å²) in [6.07, 6.45) is 0. The van der Waals surface area contributed by atoms with E-state index in [0.717, 1.165) is 24.1 Å². The number of anilines is 1. The summed E-state index contributed by atoms with van der Waals surface area (Å²) in [7, 11) is 3.47. The van der Waals surface area contributed by atoms with E-state index in [1.165, 1.54) is 11.3 Å². The number of hydrogen-bond acceptors (Lipinski definition) is 4. The van der Waals surface area contributed by atoms with E-state index in [-0.39, 0.29) is 0 Å². The molecule has 1 aromatic rings. The van der Waals surface area contributed by atoms with Crippen molar-refractivity contribution in [3.63, 3.8) is 0 Å². The first kappa shape index (κ1) is 18.4. The van der Waals surface area contributed by atoms with Crippen molar-refractivity contribution < 1.29 is 9.47 Å². The lowest BCUT2D eigenvalue weighted by Gasteiger charge is -2.27. The Morgan fingerprint density at radius 3 is 2.29 bits per heavy atom. The normalized spacial score (nSPS) is 11.1. The maximum absolute atomic E-state index is 5.23. The molecule has 1 N–H and O–H groups in total. The van der Waals surface area contributed by atoms with Crippen molar-refractivity contribution in [2.45, 2.75) is 26.4 Å². The number of hydrogen-bond donors (Lipinski definition) is 1. The minimum absolute atomic E-state index is 0.466. The highest BCUT2D eigenvalue weighted by Crippen LogP contribution is 2.25. The van der Waals surface area contributed by atoms with E-state index in [1.807, 2.05) is 0 Å². The van der Waals surface area contributed by atoms with Gasteiger partial charge in [-0.25, -0.2) is 0 Å². The minimum Gasteiger partial charge on any atom is -0.383 e. The van der Waals surface area contributed by atoms with Crippen LogP contribution in [0.1, 0.15) is 19.4 Å². The second-order valence-corrected chi connectivity index (χ2v) is 6.20. The largest absolute Gasteiger partial charge is 0.383 e. The van der Waals surface area contributed by atoms with Crippen LogP contribution in [0.3, 0.4) is 0 Å². The van der Waals surface area contributed by atoms with Gasteiger partial charge >= 0.3 is 0 Å². The van der Waals surface area contributed by atoms with Gasteiger partial charge in [-0.3, -0.25) is 0 Å². The van der Waals surface area contributed by atoms with E-state index in [2.05, 4.69) is 58.2 Å². The highest BCUT2D eigenvalue weighted by molar-refractivity contribution is 9.10. The van der Waals surface area contributed by atoms with Crippen LogP contribution in [0.25, 0.3) is 0 Å². The second-order valence-electron chi connectivity index (χ2n) is 5.28. The molecule has 1 rings (SSSR count). The number of benzene rings is 1. The zero-order valence-electron chi connectivity index (χ0n) is 13.5. The Morgan fingerprint density at radius 1 is 1.14 bits per heavy atom. The molecule has 0 fully saturated rings. The van der Waals surface area contributed by atoms with Crippen molar-refractivity contribution in [2.24, 2.45) is 0 Å². The fourth-order valence-electron chi connectivity index (χ4n) is 2.05. The summed E-state index contributed by atoms with van der Waals surface area (Å²) in [5.74, 6) is 0. The third-order valence-electron chi connectivity index (χ3n) is 3.22. The average molecular weight is 359 g/mol. The summed E-state index contributed by atoms with van der Waals surface area (Å²) < 4.78 is 11.6. The van der Waals surface area contributed by atoms with Gasteiger partial charge in [-0.1, -0.05) is 35.8 Å². The van der Waals surface area contributed by atoms with Crippen LogP contribution in [0.2, 0.25) is 0 Å². The molecule has 0 aliphatic heterocycles. The molecule has 0 saturated heterocycles. The van der Waals surface area contributed by atoms with Crippen LogP contribution in [0.5, 0.6) is 0 Å². The van der Waals surface area contributed by atoms with Gasteiger partial charge in [0.1, 0.15) is 0 Å². The summed E-state index contributed by atoms with van der Waals surface area (Å²) in [6.45, 7) is 8.28. The number of halogens is 1. The molecule has 21 heavy (non-hydrogen) atoms. The molecule has 5 heteroatoms.